The van der Waals surface area contributed by atoms with Crippen LogP contribution >= 0.6 is 11.3 Å². The first kappa shape index (κ1) is 53.3. The van der Waals surface area contributed by atoms with E-state index in [0.717, 1.165) is 5.69 Å². The Morgan fingerprint density at radius 3 is 1.36 bits per heavy atom. The monoisotopic (exact) mass is 1190 g/mol. The summed E-state index contributed by atoms with van der Waals surface area (Å²) in [6.07, 6.45) is 0. The fraction of sp³-hybridized carbons (Fsp3) is 0.0909. The van der Waals surface area contributed by atoms with Gasteiger partial charge in [-0.3, -0.25) is 0 Å². The Bertz CT molecular complexity index is 5930. The number of fused-ring (bicyclic) bond motifs is 23. The van der Waals surface area contributed by atoms with Gasteiger partial charge in [0.2, 0.25) is 0 Å². The number of aromatic nitrogens is 1. The maximum absolute atomic E-state index is 2.76. The average molecular weight is 1190 g/mol. The zero-order valence-corrected chi connectivity index (χ0v) is 53.2. The molecule has 0 bridgehead atoms. The van der Waals surface area contributed by atoms with Crippen LogP contribution in [0.15, 0.2) is 273 Å². The predicted molar refractivity (Wildman–Crippen MR) is 400 cm³/mol. The van der Waals surface area contributed by atoms with E-state index < -0.39 is 0 Å². The number of hydrogen-bond acceptors (Lipinski definition) is 2. The van der Waals surface area contributed by atoms with Crippen molar-refractivity contribution >= 4 is 147 Å². The van der Waals surface area contributed by atoms with Crippen molar-refractivity contribution in [2.45, 2.75) is 52.4 Å². The van der Waals surface area contributed by atoms with Crippen LogP contribution in [-0.2, 0) is 10.8 Å². The van der Waals surface area contributed by atoms with E-state index in [9.17, 15) is 0 Å². The van der Waals surface area contributed by atoms with Gasteiger partial charge < -0.3 is 9.47 Å². The smallest absolute Gasteiger partial charge is 0.264 e. The molecular formula is C88H63BN2S. The maximum Gasteiger partial charge on any atom is 0.264 e. The van der Waals surface area contributed by atoms with Crippen LogP contribution in [0.1, 0.15) is 52.7 Å². The molecule has 434 valence electrons. The number of thiophene rings is 1. The highest BCUT2D eigenvalue weighted by molar-refractivity contribution is 7.33. The summed E-state index contributed by atoms with van der Waals surface area (Å²) in [5.74, 6) is 0. The van der Waals surface area contributed by atoms with Gasteiger partial charge in [-0.2, -0.15) is 0 Å². The molecule has 2 aliphatic heterocycles. The van der Waals surface area contributed by atoms with E-state index in [1.54, 1.807) is 0 Å². The standard InChI is InChI=1S/C88H63BN2S/c1-87(2,3)56-41-44-73(69(49-56)54-29-14-9-15-30-54)90-75-47-55(78-58(52-25-10-7-11-26-52)39-24-40-59(78)53-27-12-8-13-28-53)48-76-83(75)89(86-84(90)71-50-57(88(4,5)6)42-46-77(71)92-86)72-51-70-65-36-19-17-32-61(65)63-34-21-23-38-67(63)80(70)82-81-74(91(76)85(72)82)45-43-68-64-35-18-16-31-60(64)62-33-20-22-37-66(62)79(68)81/h7-51H,1-6H3. The fourth-order valence-electron chi connectivity index (χ4n) is 16.4. The highest BCUT2D eigenvalue weighted by atomic mass is 32.1. The lowest BCUT2D eigenvalue weighted by atomic mass is 9.36. The Morgan fingerprint density at radius 2 is 0.793 bits per heavy atom. The van der Waals surface area contributed by atoms with E-state index >= 15 is 0 Å². The number of hydrogen-bond donors (Lipinski definition) is 0. The van der Waals surface area contributed by atoms with Crippen molar-refractivity contribution in [3.8, 4) is 50.2 Å². The number of benzene rings is 15. The van der Waals surface area contributed by atoms with Gasteiger partial charge in [-0.15, -0.1) is 11.3 Å². The van der Waals surface area contributed by atoms with Gasteiger partial charge in [-0.1, -0.05) is 272 Å². The molecule has 2 aromatic heterocycles. The lowest BCUT2D eigenvalue weighted by Crippen LogP contribution is -2.59. The fourth-order valence-corrected chi connectivity index (χ4v) is 17.7. The van der Waals surface area contributed by atoms with Crippen LogP contribution in [-0.4, -0.2) is 11.3 Å². The van der Waals surface area contributed by atoms with Gasteiger partial charge in [0.1, 0.15) is 0 Å². The number of rotatable bonds is 5. The number of nitrogens with zero attached hydrogens (tertiary/aromatic N) is 2. The van der Waals surface area contributed by atoms with Crippen molar-refractivity contribution in [1.29, 1.82) is 0 Å². The quantitative estimate of drug-likeness (QED) is 0.123. The summed E-state index contributed by atoms with van der Waals surface area (Å²) in [6, 6.07) is 105. The summed E-state index contributed by atoms with van der Waals surface area (Å²) in [6.45, 7) is 14.0. The molecule has 0 amide bonds. The molecule has 2 nitrogen and oxygen atoms in total. The summed E-state index contributed by atoms with van der Waals surface area (Å²) in [4.78, 5) is 2.74. The van der Waals surface area contributed by atoms with Crippen molar-refractivity contribution in [2.75, 3.05) is 4.90 Å². The molecule has 17 aromatic rings. The topological polar surface area (TPSA) is 8.17 Å². The zero-order valence-electron chi connectivity index (χ0n) is 52.4. The molecule has 2 aliphatic rings. The van der Waals surface area contributed by atoms with Gasteiger partial charge in [0, 0.05) is 53.3 Å². The molecule has 0 aliphatic carbocycles. The average Bonchev–Trinajstić information content (AvgIpc) is 1.45. The normalized spacial score (nSPS) is 13.1. The van der Waals surface area contributed by atoms with E-state index in [0.29, 0.717) is 0 Å². The lowest BCUT2D eigenvalue weighted by molar-refractivity contribution is 0.590. The van der Waals surface area contributed by atoms with Crippen LogP contribution in [0, 0.1) is 0 Å². The van der Waals surface area contributed by atoms with Gasteiger partial charge in [-0.05, 0) is 168 Å². The highest BCUT2D eigenvalue weighted by Crippen LogP contribution is 2.55. The number of anilines is 3. The second-order valence-electron chi connectivity index (χ2n) is 27.8. The summed E-state index contributed by atoms with van der Waals surface area (Å²) < 4.78 is 5.41. The Hall–Kier alpha value is -10.5. The second-order valence-corrected chi connectivity index (χ2v) is 28.9. The van der Waals surface area contributed by atoms with Crippen molar-refractivity contribution in [3.05, 3.63) is 284 Å². The first-order valence-corrected chi connectivity index (χ1v) is 33.3. The van der Waals surface area contributed by atoms with Gasteiger partial charge >= 0.3 is 0 Å². The molecule has 19 rings (SSSR count). The van der Waals surface area contributed by atoms with Crippen LogP contribution < -0.4 is 20.6 Å². The van der Waals surface area contributed by atoms with Gasteiger partial charge in [0.15, 0.2) is 0 Å². The lowest BCUT2D eigenvalue weighted by Gasteiger charge is -2.40. The largest absolute Gasteiger partial charge is 0.310 e. The van der Waals surface area contributed by atoms with Crippen LogP contribution in [0.5, 0.6) is 0 Å². The van der Waals surface area contributed by atoms with Gasteiger partial charge in [0.05, 0.1) is 22.4 Å². The summed E-state index contributed by atoms with van der Waals surface area (Å²) in [5, 5.41) is 19.3. The minimum absolute atomic E-state index is 0.0995. The van der Waals surface area contributed by atoms with Crippen LogP contribution in [0.25, 0.3) is 147 Å². The molecular weight excluding hydrogens is 1130 g/mol. The summed E-state index contributed by atoms with van der Waals surface area (Å²) in [5.41, 5.74) is 21.9. The highest BCUT2D eigenvalue weighted by Gasteiger charge is 2.46. The van der Waals surface area contributed by atoms with Crippen molar-refractivity contribution in [1.82, 2.24) is 4.57 Å². The van der Waals surface area contributed by atoms with Gasteiger partial charge in [-0.25, -0.2) is 0 Å². The third-order valence-electron chi connectivity index (χ3n) is 20.6. The zero-order chi connectivity index (χ0) is 61.5. The third-order valence-corrected chi connectivity index (χ3v) is 21.8. The molecule has 0 saturated heterocycles. The molecule has 0 spiro atoms. The summed E-state index contributed by atoms with van der Waals surface area (Å²) in [7, 11) is 0. The molecule has 0 saturated carbocycles. The second kappa shape index (κ2) is 19.5. The van der Waals surface area contributed by atoms with Crippen molar-refractivity contribution < 1.29 is 0 Å². The molecule has 0 N–H and O–H groups in total. The summed E-state index contributed by atoms with van der Waals surface area (Å²) >= 11 is 2.00. The molecule has 0 atom stereocenters. The maximum atomic E-state index is 2.76. The first-order chi connectivity index (χ1) is 45.0. The Balaban J connectivity index is 1.08. The Morgan fingerprint density at radius 1 is 0.326 bits per heavy atom. The SMILES string of the molecule is CC(C)(C)c1ccc(N2c3cc(-c4c(-c5ccccc5)cccc4-c4ccccc4)cc4c3B(c3sc5ccc(C(C)(C)C)cc5c32)c2cc3c5ccccc5c5ccccc5c3c3c5c6c7ccccc7c7ccccc7c6ccc5n-4c23)c(-c2ccccc2)c1. The minimum atomic E-state index is -0.152. The van der Waals surface area contributed by atoms with Gasteiger partial charge in [0.25, 0.3) is 6.71 Å². The van der Waals surface area contributed by atoms with Crippen LogP contribution in [0.2, 0.25) is 0 Å². The predicted octanol–water partition coefficient (Wildman–Crippen LogP) is 22.8. The molecule has 0 radical (unpaired) electrons. The third kappa shape index (κ3) is 7.56. The molecule has 4 heterocycles. The molecule has 92 heavy (non-hydrogen) atoms. The Labute approximate surface area is 540 Å². The van der Waals surface area contributed by atoms with E-state index in [1.165, 1.54) is 185 Å². The molecule has 4 heteroatoms. The van der Waals surface area contributed by atoms with E-state index in [2.05, 4.69) is 324 Å². The van der Waals surface area contributed by atoms with Crippen LogP contribution in [0.3, 0.4) is 0 Å². The first-order valence-electron chi connectivity index (χ1n) is 32.5. The van der Waals surface area contributed by atoms with Crippen molar-refractivity contribution in [2.24, 2.45) is 0 Å². The van der Waals surface area contributed by atoms with Crippen molar-refractivity contribution in [3.63, 3.8) is 0 Å². The van der Waals surface area contributed by atoms with E-state index in [1.807, 2.05) is 11.3 Å². The Kier molecular flexibility index (Phi) is 11.3. The molecule has 0 fully saturated rings. The van der Waals surface area contributed by atoms with E-state index in [-0.39, 0.29) is 17.5 Å². The minimum Gasteiger partial charge on any atom is -0.310 e. The molecule has 15 aromatic carbocycles. The van der Waals surface area contributed by atoms with Crippen LogP contribution in [0.4, 0.5) is 17.1 Å². The van der Waals surface area contributed by atoms with E-state index in [4.69, 9.17) is 0 Å². The molecule has 0 unspecified atom stereocenters.